The quantitative estimate of drug-likeness (QED) is 0.531. The molecular formula is C13H9FN4O2. The van der Waals surface area contributed by atoms with Gasteiger partial charge in [-0.15, -0.1) is 0 Å². The van der Waals surface area contributed by atoms with Crippen LogP contribution in [0.15, 0.2) is 36.5 Å². The fourth-order valence-electron chi connectivity index (χ4n) is 2.04. The lowest BCUT2D eigenvalue weighted by atomic mass is 10.1. The van der Waals surface area contributed by atoms with Crippen LogP contribution in [0, 0.1) is 22.9 Å². The Morgan fingerprint density at radius 3 is 2.85 bits per heavy atom. The predicted octanol–water partition coefficient (Wildman–Crippen LogP) is 2.75. The maximum Gasteiger partial charge on any atom is 0.305 e. The van der Waals surface area contributed by atoms with Crippen molar-refractivity contribution in [2.45, 2.75) is 6.92 Å². The van der Waals surface area contributed by atoms with Gasteiger partial charge in [-0.05, 0) is 25.1 Å². The van der Waals surface area contributed by atoms with Crippen molar-refractivity contribution >= 4 is 11.3 Å². The van der Waals surface area contributed by atoms with E-state index in [2.05, 4.69) is 10.1 Å². The summed E-state index contributed by atoms with van der Waals surface area (Å²) >= 11 is 0. The highest BCUT2D eigenvalue weighted by Gasteiger charge is 2.16. The van der Waals surface area contributed by atoms with Gasteiger partial charge in [0.05, 0.1) is 16.3 Å². The van der Waals surface area contributed by atoms with Crippen LogP contribution >= 0.6 is 0 Å². The molecule has 0 atom stereocenters. The van der Waals surface area contributed by atoms with Crippen molar-refractivity contribution in [2.75, 3.05) is 0 Å². The molecule has 100 valence electrons. The molecule has 6 nitrogen and oxygen atoms in total. The van der Waals surface area contributed by atoms with Crippen molar-refractivity contribution in [3.63, 3.8) is 0 Å². The van der Waals surface area contributed by atoms with Crippen LogP contribution in [0.3, 0.4) is 0 Å². The van der Waals surface area contributed by atoms with Crippen LogP contribution in [0.4, 0.5) is 10.1 Å². The lowest BCUT2D eigenvalue weighted by Gasteiger charge is -2.04. The average molecular weight is 272 g/mol. The second-order valence-electron chi connectivity index (χ2n) is 4.31. The summed E-state index contributed by atoms with van der Waals surface area (Å²) in [5.74, 6) is -0.860. The third kappa shape index (κ3) is 1.89. The molecule has 0 spiro atoms. The highest BCUT2D eigenvalue weighted by atomic mass is 19.1. The third-order valence-corrected chi connectivity index (χ3v) is 2.92. The summed E-state index contributed by atoms with van der Waals surface area (Å²) in [5, 5.41) is 15.1. The number of rotatable bonds is 2. The molecule has 0 saturated carbocycles. The number of nitro benzene ring substituents is 1. The Bertz CT molecular complexity index is 828. The minimum absolute atomic E-state index is 0.508. The van der Waals surface area contributed by atoms with Crippen LogP contribution in [-0.4, -0.2) is 19.5 Å². The van der Waals surface area contributed by atoms with E-state index >= 15 is 0 Å². The highest BCUT2D eigenvalue weighted by molar-refractivity contribution is 5.65. The van der Waals surface area contributed by atoms with E-state index in [1.807, 2.05) is 6.92 Å². The largest absolute Gasteiger partial charge is 0.305 e. The van der Waals surface area contributed by atoms with E-state index in [0.29, 0.717) is 16.9 Å². The van der Waals surface area contributed by atoms with E-state index in [1.54, 1.807) is 22.8 Å². The summed E-state index contributed by atoms with van der Waals surface area (Å²) in [6, 6.07) is 7.23. The Morgan fingerprint density at radius 2 is 2.10 bits per heavy atom. The van der Waals surface area contributed by atoms with Gasteiger partial charge in [-0.25, -0.2) is 9.50 Å². The second kappa shape index (κ2) is 4.37. The zero-order valence-corrected chi connectivity index (χ0v) is 10.4. The van der Waals surface area contributed by atoms with E-state index in [4.69, 9.17) is 0 Å². The normalized spacial score (nSPS) is 10.9. The van der Waals surface area contributed by atoms with E-state index < -0.39 is 16.4 Å². The van der Waals surface area contributed by atoms with Crippen molar-refractivity contribution in [3.8, 4) is 11.3 Å². The summed E-state index contributed by atoms with van der Waals surface area (Å²) in [6.07, 6.45) is 1.58. The first-order valence-electron chi connectivity index (χ1n) is 5.82. The van der Waals surface area contributed by atoms with Crippen molar-refractivity contribution in [1.29, 1.82) is 0 Å². The molecular weight excluding hydrogens is 263 g/mol. The molecule has 0 saturated heterocycles. The first-order valence-corrected chi connectivity index (χ1v) is 5.82. The third-order valence-electron chi connectivity index (χ3n) is 2.92. The van der Waals surface area contributed by atoms with E-state index in [1.165, 1.54) is 12.1 Å². The molecule has 20 heavy (non-hydrogen) atoms. The van der Waals surface area contributed by atoms with Crippen LogP contribution in [0.25, 0.3) is 16.9 Å². The molecule has 0 aliphatic carbocycles. The summed E-state index contributed by atoms with van der Waals surface area (Å²) in [6.45, 7) is 1.82. The van der Waals surface area contributed by atoms with Gasteiger partial charge in [-0.1, -0.05) is 0 Å². The lowest BCUT2D eigenvalue weighted by molar-refractivity contribution is -0.387. The number of nitro groups is 1. The van der Waals surface area contributed by atoms with Gasteiger partial charge in [0.2, 0.25) is 5.82 Å². The topological polar surface area (TPSA) is 73.3 Å². The highest BCUT2D eigenvalue weighted by Crippen LogP contribution is 2.26. The summed E-state index contributed by atoms with van der Waals surface area (Å²) in [5.41, 5.74) is 1.98. The molecule has 3 aromatic rings. The van der Waals surface area contributed by atoms with Gasteiger partial charge in [-0.3, -0.25) is 10.1 Å². The number of fused-ring (bicyclic) bond motifs is 1. The van der Waals surface area contributed by atoms with Crippen LogP contribution in [-0.2, 0) is 0 Å². The summed E-state index contributed by atoms with van der Waals surface area (Å²) in [7, 11) is 0. The minimum atomic E-state index is -0.860. The first kappa shape index (κ1) is 12.2. The van der Waals surface area contributed by atoms with E-state index in [-0.39, 0.29) is 0 Å². The monoisotopic (exact) mass is 272 g/mol. The second-order valence-corrected chi connectivity index (χ2v) is 4.31. The Hall–Kier alpha value is -2.83. The standard InChI is InChI=1S/C13H9FN4O2/c1-8-6-13-15-5-4-11(17(13)16-8)9-2-3-10(14)12(7-9)18(19)20/h2-7H,1H3. The number of hydrogen-bond donors (Lipinski definition) is 0. The van der Waals surface area contributed by atoms with Crippen molar-refractivity contribution < 1.29 is 9.31 Å². The Labute approximate surface area is 112 Å². The van der Waals surface area contributed by atoms with Crippen LogP contribution in [0.2, 0.25) is 0 Å². The van der Waals surface area contributed by atoms with Crippen molar-refractivity contribution in [2.24, 2.45) is 0 Å². The zero-order valence-electron chi connectivity index (χ0n) is 10.4. The molecule has 0 radical (unpaired) electrons. The molecule has 7 heteroatoms. The van der Waals surface area contributed by atoms with Gasteiger partial charge in [0.1, 0.15) is 0 Å². The molecule has 0 amide bonds. The maximum atomic E-state index is 13.4. The zero-order chi connectivity index (χ0) is 14.3. The Morgan fingerprint density at radius 1 is 1.30 bits per heavy atom. The number of aryl methyl sites for hydroxylation is 1. The fourth-order valence-corrected chi connectivity index (χ4v) is 2.04. The lowest BCUT2D eigenvalue weighted by Crippen LogP contribution is -1.98. The van der Waals surface area contributed by atoms with Gasteiger partial charge >= 0.3 is 5.69 Å². The molecule has 3 rings (SSSR count). The molecule has 0 fully saturated rings. The molecule has 2 aromatic heterocycles. The summed E-state index contributed by atoms with van der Waals surface area (Å²) < 4.78 is 15.0. The summed E-state index contributed by atoms with van der Waals surface area (Å²) in [4.78, 5) is 14.2. The minimum Gasteiger partial charge on any atom is -0.258 e. The molecule has 0 aliphatic rings. The van der Waals surface area contributed by atoms with Crippen molar-refractivity contribution in [1.82, 2.24) is 14.6 Å². The smallest absolute Gasteiger partial charge is 0.258 e. The number of hydrogen-bond acceptors (Lipinski definition) is 4. The van der Waals surface area contributed by atoms with Gasteiger partial charge < -0.3 is 0 Å². The van der Waals surface area contributed by atoms with Gasteiger partial charge in [0, 0.05) is 23.9 Å². The number of aromatic nitrogens is 3. The number of benzene rings is 1. The Balaban J connectivity index is 2.25. The Kier molecular flexibility index (Phi) is 2.67. The molecule has 2 heterocycles. The predicted molar refractivity (Wildman–Crippen MR) is 69.8 cm³/mol. The van der Waals surface area contributed by atoms with Crippen molar-refractivity contribution in [3.05, 3.63) is 58.2 Å². The molecule has 0 aliphatic heterocycles. The number of nitrogens with zero attached hydrogens (tertiary/aromatic N) is 4. The first-order chi connectivity index (χ1) is 9.56. The molecule has 1 aromatic carbocycles. The molecule has 0 unspecified atom stereocenters. The van der Waals surface area contributed by atoms with Crippen LogP contribution < -0.4 is 0 Å². The van der Waals surface area contributed by atoms with E-state index in [0.717, 1.165) is 11.8 Å². The van der Waals surface area contributed by atoms with Crippen LogP contribution in [0.5, 0.6) is 0 Å². The SMILES string of the molecule is Cc1cc2nccc(-c3ccc(F)c([N+](=O)[O-])c3)n2n1. The molecule has 0 N–H and O–H groups in total. The number of halogens is 1. The van der Waals surface area contributed by atoms with Gasteiger partial charge in [0.15, 0.2) is 5.65 Å². The van der Waals surface area contributed by atoms with Gasteiger partial charge in [0.25, 0.3) is 0 Å². The molecule has 0 bridgehead atoms. The van der Waals surface area contributed by atoms with Gasteiger partial charge in [-0.2, -0.15) is 9.49 Å². The fraction of sp³-hybridized carbons (Fsp3) is 0.0769. The average Bonchev–Trinajstić information content (AvgIpc) is 2.79. The van der Waals surface area contributed by atoms with E-state index in [9.17, 15) is 14.5 Å². The maximum absolute atomic E-state index is 13.4. The van der Waals surface area contributed by atoms with Crippen LogP contribution in [0.1, 0.15) is 5.69 Å².